The van der Waals surface area contributed by atoms with Crippen molar-refractivity contribution >= 4 is 17.7 Å². The average molecular weight is 199 g/mol. The van der Waals surface area contributed by atoms with E-state index in [0.717, 1.165) is 18.6 Å². The first-order valence-corrected chi connectivity index (χ1v) is 5.13. The highest BCUT2D eigenvalue weighted by Crippen LogP contribution is 2.39. The molecular formula is C8H9NO3S. The number of carbonyl (C=O) groups is 1. The Bertz CT molecular complexity index is 317. The summed E-state index contributed by atoms with van der Waals surface area (Å²) in [5.41, 5.74) is 0. The van der Waals surface area contributed by atoms with Crippen molar-refractivity contribution < 1.29 is 14.3 Å². The van der Waals surface area contributed by atoms with Gasteiger partial charge < -0.3 is 9.52 Å². The van der Waals surface area contributed by atoms with Crippen molar-refractivity contribution in [2.45, 2.75) is 18.1 Å². The third-order valence-electron chi connectivity index (χ3n) is 1.94. The molecule has 0 aromatic carbocycles. The number of carboxylic acid groups (broad SMARTS) is 1. The Balaban J connectivity index is 2.16. The fourth-order valence-corrected chi connectivity index (χ4v) is 2.51. The van der Waals surface area contributed by atoms with E-state index in [1.165, 1.54) is 6.20 Å². The molecule has 1 unspecified atom stereocenters. The summed E-state index contributed by atoms with van der Waals surface area (Å²) in [5, 5.41) is 8.86. The van der Waals surface area contributed by atoms with Gasteiger partial charge in [-0.3, -0.25) is 0 Å². The molecule has 0 amide bonds. The lowest BCUT2D eigenvalue weighted by Crippen LogP contribution is -1.92. The van der Waals surface area contributed by atoms with Gasteiger partial charge in [-0.05, 0) is 18.6 Å². The summed E-state index contributed by atoms with van der Waals surface area (Å²) in [6, 6.07) is 0. The average Bonchev–Trinajstić information content (AvgIpc) is 2.75. The van der Waals surface area contributed by atoms with Gasteiger partial charge in [0, 0.05) is 0 Å². The van der Waals surface area contributed by atoms with Crippen LogP contribution in [0.15, 0.2) is 10.6 Å². The van der Waals surface area contributed by atoms with Gasteiger partial charge in [-0.1, -0.05) is 0 Å². The van der Waals surface area contributed by atoms with E-state index in [1.807, 2.05) is 0 Å². The molecule has 1 aliphatic heterocycles. The number of rotatable bonds is 2. The molecule has 2 heterocycles. The molecule has 1 saturated heterocycles. The highest BCUT2D eigenvalue weighted by molar-refractivity contribution is 7.99. The second-order valence-corrected chi connectivity index (χ2v) is 4.18. The molecule has 0 spiro atoms. The van der Waals surface area contributed by atoms with Crippen LogP contribution in [0.5, 0.6) is 0 Å². The summed E-state index contributed by atoms with van der Waals surface area (Å²) in [7, 11) is 0. The van der Waals surface area contributed by atoms with E-state index in [2.05, 4.69) is 4.98 Å². The van der Waals surface area contributed by atoms with Crippen LogP contribution in [0.3, 0.4) is 0 Å². The number of nitrogens with zero attached hydrogens (tertiary/aromatic N) is 1. The van der Waals surface area contributed by atoms with E-state index in [0.29, 0.717) is 5.89 Å². The highest BCUT2D eigenvalue weighted by Gasteiger charge is 2.23. The number of thioether (sulfide) groups is 1. The van der Waals surface area contributed by atoms with Crippen LogP contribution in [0.1, 0.15) is 34.5 Å². The molecule has 1 aliphatic rings. The van der Waals surface area contributed by atoms with Gasteiger partial charge in [0.2, 0.25) is 11.7 Å². The lowest BCUT2D eigenvalue weighted by Gasteiger charge is -2.00. The van der Waals surface area contributed by atoms with Crippen molar-refractivity contribution in [1.82, 2.24) is 4.98 Å². The van der Waals surface area contributed by atoms with Crippen LogP contribution in [0.25, 0.3) is 0 Å². The van der Waals surface area contributed by atoms with E-state index >= 15 is 0 Å². The molecule has 0 saturated carbocycles. The molecule has 1 fully saturated rings. The number of aromatic nitrogens is 1. The second kappa shape index (κ2) is 3.41. The summed E-state index contributed by atoms with van der Waals surface area (Å²) >= 11 is 1.77. The topological polar surface area (TPSA) is 63.3 Å². The van der Waals surface area contributed by atoms with Gasteiger partial charge in [0.05, 0.1) is 11.4 Å². The monoisotopic (exact) mass is 199 g/mol. The van der Waals surface area contributed by atoms with Gasteiger partial charge in [-0.2, -0.15) is 0 Å². The molecule has 1 N–H and O–H groups in total. The predicted molar refractivity (Wildman–Crippen MR) is 47.9 cm³/mol. The lowest BCUT2D eigenvalue weighted by atomic mass is 10.2. The molecule has 2 rings (SSSR count). The predicted octanol–water partition coefficient (Wildman–Crippen LogP) is 1.94. The molecule has 0 aliphatic carbocycles. The maximum atomic E-state index is 10.5. The van der Waals surface area contributed by atoms with Crippen molar-refractivity contribution in [2.75, 3.05) is 5.75 Å². The van der Waals surface area contributed by atoms with E-state index < -0.39 is 5.97 Å². The maximum Gasteiger partial charge on any atom is 0.373 e. The lowest BCUT2D eigenvalue weighted by molar-refractivity contribution is 0.0660. The first kappa shape index (κ1) is 8.62. The van der Waals surface area contributed by atoms with Gasteiger partial charge in [-0.15, -0.1) is 11.8 Å². The fourth-order valence-electron chi connectivity index (χ4n) is 1.31. The smallest absolute Gasteiger partial charge is 0.373 e. The molecule has 1 aromatic heterocycles. The molecular weight excluding hydrogens is 190 g/mol. The van der Waals surface area contributed by atoms with Crippen molar-refractivity contribution in [3.05, 3.63) is 17.8 Å². The number of carboxylic acids is 1. The van der Waals surface area contributed by atoms with Gasteiger partial charge in [-0.25, -0.2) is 9.78 Å². The van der Waals surface area contributed by atoms with Crippen LogP contribution in [0, 0.1) is 0 Å². The minimum absolute atomic E-state index is 0.0671. The Kier molecular flexibility index (Phi) is 2.26. The quantitative estimate of drug-likeness (QED) is 0.788. The standard InChI is InChI=1S/C8H9NO3S/c10-8(11)5-4-9-7(12-5)6-2-1-3-13-6/h4,6H,1-3H2,(H,10,11). The SMILES string of the molecule is O=C(O)c1cnc(C2CCCS2)o1. The first-order chi connectivity index (χ1) is 6.27. The van der Waals surface area contributed by atoms with Crippen LogP contribution in [-0.4, -0.2) is 21.8 Å². The molecule has 1 atom stereocenters. The van der Waals surface area contributed by atoms with Crippen molar-refractivity contribution in [3.8, 4) is 0 Å². The molecule has 0 radical (unpaired) electrons. The number of hydrogen-bond donors (Lipinski definition) is 1. The number of hydrogen-bond acceptors (Lipinski definition) is 4. The zero-order valence-electron chi connectivity index (χ0n) is 6.90. The minimum atomic E-state index is -1.05. The third-order valence-corrected chi connectivity index (χ3v) is 3.30. The zero-order chi connectivity index (χ0) is 9.26. The highest BCUT2D eigenvalue weighted by atomic mass is 32.2. The molecule has 0 bridgehead atoms. The first-order valence-electron chi connectivity index (χ1n) is 4.08. The second-order valence-electron chi connectivity index (χ2n) is 2.87. The number of oxazole rings is 1. The van der Waals surface area contributed by atoms with Crippen LogP contribution in [-0.2, 0) is 0 Å². The van der Waals surface area contributed by atoms with Gasteiger partial charge >= 0.3 is 5.97 Å². The maximum absolute atomic E-state index is 10.5. The van der Waals surface area contributed by atoms with Crippen molar-refractivity contribution in [2.24, 2.45) is 0 Å². The Morgan fingerprint density at radius 3 is 3.15 bits per heavy atom. The Hall–Kier alpha value is -0.970. The Labute approximate surface area is 79.3 Å². The summed E-state index contributed by atoms with van der Waals surface area (Å²) in [6.07, 6.45) is 3.46. The van der Waals surface area contributed by atoms with Crippen molar-refractivity contribution in [1.29, 1.82) is 0 Å². The van der Waals surface area contributed by atoms with Crippen LogP contribution >= 0.6 is 11.8 Å². The Morgan fingerprint density at radius 2 is 2.62 bits per heavy atom. The summed E-state index contributed by atoms with van der Waals surface area (Å²) in [5.74, 6) is 0.541. The fraction of sp³-hybridized carbons (Fsp3) is 0.500. The zero-order valence-corrected chi connectivity index (χ0v) is 7.71. The molecule has 5 heteroatoms. The summed E-state index contributed by atoms with van der Waals surface area (Å²) in [4.78, 5) is 14.4. The van der Waals surface area contributed by atoms with E-state index in [-0.39, 0.29) is 11.0 Å². The van der Waals surface area contributed by atoms with Crippen LogP contribution in [0.2, 0.25) is 0 Å². The van der Waals surface area contributed by atoms with Gasteiger partial charge in [0.15, 0.2) is 0 Å². The van der Waals surface area contributed by atoms with Crippen LogP contribution < -0.4 is 0 Å². The largest absolute Gasteiger partial charge is 0.475 e. The van der Waals surface area contributed by atoms with Gasteiger partial charge in [0.25, 0.3) is 0 Å². The van der Waals surface area contributed by atoms with Gasteiger partial charge in [0.1, 0.15) is 0 Å². The molecule has 4 nitrogen and oxygen atoms in total. The third kappa shape index (κ3) is 1.70. The number of aromatic carboxylic acids is 1. The van der Waals surface area contributed by atoms with E-state index in [9.17, 15) is 4.79 Å². The minimum Gasteiger partial charge on any atom is -0.475 e. The summed E-state index contributed by atoms with van der Waals surface area (Å²) in [6.45, 7) is 0. The molecule has 70 valence electrons. The van der Waals surface area contributed by atoms with E-state index in [1.54, 1.807) is 11.8 Å². The normalized spacial score (nSPS) is 22.0. The molecule has 13 heavy (non-hydrogen) atoms. The Morgan fingerprint density at radius 1 is 1.77 bits per heavy atom. The summed E-state index contributed by atoms with van der Waals surface area (Å²) < 4.78 is 5.10. The van der Waals surface area contributed by atoms with Crippen molar-refractivity contribution in [3.63, 3.8) is 0 Å². The van der Waals surface area contributed by atoms with E-state index in [4.69, 9.17) is 9.52 Å². The van der Waals surface area contributed by atoms with Crippen LogP contribution in [0.4, 0.5) is 0 Å². The molecule has 1 aromatic rings.